The van der Waals surface area contributed by atoms with Gasteiger partial charge in [-0.25, -0.2) is 4.79 Å². The van der Waals surface area contributed by atoms with Crippen molar-refractivity contribution in [3.8, 4) is 5.75 Å². The van der Waals surface area contributed by atoms with Gasteiger partial charge < -0.3 is 18.5 Å². The molecule has 6 heteroatoms. The molecule has 140 valence electrons. The molecule has 0 bridgehead atoms. The Morgan fingerprint density at radius 3 is 2.31 bits per heavy atom. The van der Waals surface area contributed by atoms with E-state index in [2.05, 4.69) is 0 Å². The molecule has 5 nitrogen and oxygen atoms in total. The first-order valence-corrected chi connectivity index (χ1v) is 8.64. The molecule has 1 saturated heterocycles. The van der Waals surface area contributed by atoms with E-state index in [1.54, 1.807) is 13.0 Å². The monoisotopic (exact) mass is 358 g/mol. The average molecular weight is 358 g/mol. The van der Waals surface area contributed by atoms with Crippen molar-refractivity contribution in [2.45, 2.75) is 52.7 Å². The van der Waals surface area contributed by atoms with Crippen molar-refractivity contribution in [1.29, 1.82) is 0 Å². The van der Waals surface area contributed by atoms with Crippen molar-refractivity contribution < 1.29 is 18.5 Å². The van der Waals surface area contributed by atoms with Crippen LogP contribution in [0.15, 0.2) is 45.6 Å². The summed E-state index contributed by atoms with van der Waals surface area (Å²) in [7, 11) is 1.17. The fraction of sp³-hybridized carbons (Fsp3) is 0.450. The summed E-state index contributed by atoms with van der Waals surface area (Å²) in [6.45, 7) is 11.6. The quantitative estimate of drug-likeness (QED) is 0.586. The van der Waals surface area contributed by atoms with Gasteiger partial charge in [0.25, 0.3) is 0 Å². The molecule has 0 unspecified atom stereocenters. The zero-order valence-electron chi connectivity index (χ0n) is 16.6. The number of ether oxygens (including phenoxy) is 1. The van der Waals surface area contributed by atoms with Crippen LogP contribution in [0.2, 0.25) is 0 Å². The number of hydrogen-bond donors (Lipinski definition) is 0. The van der Waals surface area contributed by atoms with Crippen LogP contribution in [0.3, 0.4) is 0 Å². The summed E-state index contributed by atoms with van der Waals surface area (Å²) in [5.74, 6) is 2.87. The highest BCUT2D eigenvalue weighted by Crippen LogP contribution is 2.36. The van der Waals surface area contributed by atoms with Gasteiger partial charge in [-0.15, -0.1) is 0 Å². The molecular weight excluding hydrogens is 331 g/mol. The molecule has 1 aliphatic heterocycles. The highest BCUT2D eigenvalue weighted by atomic mass is 16.7. The van der Waals surface area contributed by atoms with Gasteiger partial charge >= 0.3 is 12.7 Å². The van der Waals surface area contributed by atoms with Gasteiger partial charge in [0.2, 0.25) is 0 Å². The van der Waals surface area contributed by atoms with E-state index in [4.69, 9.17) is 18.5 Å². The molecule has 0 amide bonds. The molecule has 1 fully saturated rings. The van der Waals surface area contributed by atoms with Crippen molar-refractivity contribution >= 4 is 12.7 Å². The van der Waals surface area contributed by atoms with Gasteiger partial charge in [0.05, 0.1) is 23.9 Å². The molecule has 0 atom stereocenters. The first-order chi connectivity index (χ1) is 12.1. The van der Waals surface area contributed by atoms with E-state index < -0.39 is 5.63 Å². The van der Waals surface area contributed by atoms with Gasteiger partial charge in [-0.3, -0.25) is 0 Å². The van der Waals surface area contributed by atoms with E-state index in [1.165, 1.54) is 7.11 Å². The Kier molecular flexibility index (Phi) is 5.99. The second-order valence-electron chi connectivity index (χ2n) is 7.34. The average Bonchev–Trinajstić information content (AvgIpc) is 2.76. The van der Waals surface area contributed by atoms with Crippen LogP contribution in [0.25, 0.3) is 5.57 Å². The maximum atomic E-state index is 11.8. The molecule has 26 heavy (non-hydrogen) atoms. The Bertz CT molecular complexity index is 783. The summed E-state index contributed by atoms with van der Waals surface area (Å²) < 4.78 is 22.3. The zero-order chi connectivity index (χ0) is 19.5. The van der Waals surface area contributed by atoms with Crippen molar-refractivity contribution in [3.05, 3.63) is 58.1 Å². The van der Waals surface area contributed by atoms with Crippen LogP contribution in [0.1, 0.15) is 45.9 Å². The molecular formula is C20H27BO5. The van der Waals surface area contributed by atoms with Gasteiger partial charge in [-0.2, -0.15) is 0 Å². The lowest BCUT2D eigenvalue weighted by atomic mass is 9.90. The Hall–Kier alpha value is -2.05. The predicted molar refractivity (Wildman–Crippen MR) is 104 cm³/mol. The minimum Gasteiger partial charge on any atom is -0.496 e. The second-order valence-corrected chi connectivity index (χ2v) is 7.34. The highest BCUT2D eigenvalue weighted by Gasteiger charge is 2.49. The van der Waals surface area contributed by atoms with E-state index in [0.29, 0.717) is 17.1 Å². The van der Waals surface area contributed by atoms with Gasteiger partial charge in [0.15, 0.2) is 0 Å². The number of allylic oxidation sites excluding steroid dienone is 5. The van der Waals surface area contributed by atoms with Crippen molar-refractivity contribution in [2.24, 2.45) is 0 Å². The van der Waals surface area contributed by atoms with E-state index in [1.807, 2.05) is 64.9 Å². The van der Waals surface area contributed by atoms with Crippen LogP contribution in [-0.2, 0) is 9.31 Å². The Morgan fingerprint density at radius 2 is 1.73 bits per heavy atom. The van der Waals surface area contributed by atoms with E-state index >= 15 is 0 Å². The van der Waals surface area contributed by atoms with Crippen molar-refractivity contribution in [3.63, 3.8) is 0 Å². The minimum atomic E-state index is -0.392. The number of rotatable bonds is 5. The summed E-state index contributed by atoms with van der Waals surface area (Å²) in [5.41, 5.74) is 0.205. The summed E-state index contributed by atoms with van der Waals surface area (Å²) in [6.07, 6.45) is 7.47. The molecule has 0 spiro atoms. The summed E-state index contributed by atoms with van der Waals surface area (Å²) in [4.78, 5) is 11.8. The van der Waals surface area contributed by atoms with Crippen LogP contribution >= 0.6 is 0 Å². The molecule has 0 aliphatic carbocycles. The van der Waals surface area contributed by atoms with Crippen LogP contribution in [0, 0.1) is 6.92 Å². The Balaban J connectivity index is 2.04. The molecule has 1 aliphatic rings. The molecule has 0 radical (unpaired) electrons. The number of hydrogen-bond acceptors (Lipinski definition) is 5. The zero-order valence-corrected chi connectivity index (χ0v) is 16.6. The molecule has 1 aromatic rings. The molecule has 0 N–H and O–H groups in total. The summed E-state index contributed by atoms with van der Waals surface area (Å²) in [6, 6.07) is 1.72. The lowest BCUT2D eigenvalue weighted by Crippen LogP contribution is -2.41. The van der Waals surface area contributed by atoms with Crippen LogP contribution in [-0.4, -0.2) is 25.4 Å². The molecule has 2 heterocycles. The van der Waals surface area contributed by atoms with Crippen molar-refractivity contribution in [2.75, 3.05) is 7.11 Å². The van der Waals surface area contributed by atoms with Crippen molar-refractivity contribution in [1.82, 2.24) is 0 Å². The third-order valence-corrected chi connectivity index (χ3v) is 4.86. The lowest BCUT2D eigenvalue weighted by Gasteiger charge is -2.32. The number of methoxy groups -OCH3 is 1. The third-order valence-electron chi connectivity index (χ3n) is 4.86. The fourth-order valence-electron chi connectivity index (χ4n) is 2.41. The fourth-order valence-corrected chi connectivity index (χ4v) is 2.41. The van der Waals surface area contributed by atoms with E-state index in [0.717, 1.165) is 5.57 Å². The maximum Gasteiger partial charge on any atom is 0.487 e. The van der Waals surface area contributed by atoms with Crippen LogP contribution in [0.5, 0.6) is 5.75 Å². The molecule has 2 rings (SSSR count). The van der Waals surface area contributed by atoms with E-state index in [-0.39, 0.29) is 18.3 Å². The third kappa shape index (κ3) is 4.37. The van der Waals surface area contributed by atoms with Gasteiger partial charge in [0, 0.05) is 6.07 Å². The second kappa shape index (κ2) is 7.68. The smallest absolute Gasteiger partial charge is 0.487 e. The van der Waals surface area contributed by atoms with Gasteiger partial charge in [0.1, 0.15) is 11.5 Å². The maximum absolute atomic E-state index is 11.8. The molecule has 0 aromatic carbocycles. The molecule has 1 aromatic heterocycles. The van der Waals surface area contributed by atoms with Gasteiger partial charge in [-0.1, -0.05) is 30.3 Å². The standard InChI is InChI=1S/C20H27BO5/c1-14(16-13-17(23-7)15(2)18(22)24-16)11-9-8-10-12-21-25-19(3,4)20(5,6)26-21/h8-13H,1-7H3/b9-8+,12-10+,14-11+. The predicted octanol–water partition coefficient (Wildman–Crippen LogP) is 4.10. The largest absolute Gasteiger partial charge is 0.496 e. The minimum absolute atomic E-state index is 0.343. The first kappa shape index (κ1) is 20.3. The Morgan fingerprint density at radius 1 is 1.12 bits per heavy atom. The topological polar surface area (TPSA) is 57.9 Å². The van der Waals surface area contributed by atoms with Crippen LogP contribution in [0.4, 0.5) is 0 Å². The van der Waals surface area contributed by atoms with Crippen LogP contribution < -0.4 is 10.4 Å². The van der Waals surface area contributed by atoms with Gasteiger partial charge in [-0.05, 0) is 47.1 Å². The molecule has 0 saturated carbocycles. The lowest BCUT2D eigenvalue weighted by molar-refractivity contribution is 0.00578. The SMILES string of the molecule is COc1cc(/C(C)=C/C=C/C=C/B2OC(C)(C)C(C)(C)O2)oc(=O)c1C. The van der Waals surface area contributed by atoms with E-state index in [9.17, 15) is 4.79 Å². The summed E-state index contributed by atoms with van der Waals surface area (Å²) >= 11 is 0. The Labute approximate surface area is 155 Å². The first-order valence-electron chi connectivity index (χ1n) is 8.64. The normalized spacial score (nSPS) is 19.7. The summed E-state index contributed by atoms with van der Waals surface area (Å²) in [5, 5.41) is 0. The highest BCUT2D eigenvalue weighted by molar-refractivity contribution is 6.51.